The summed E-state index contributed by atoms with van der Waals surface area (Å²) < 4.78 is 5.03. The Bertz CT molecular complexity index is 717. The molecule has 0 amide bonds. The van der Waals surface area contributed by atoms with Gasteiger partial charge in [0.05, 0.1) is 12.6 Å². The van der Waals surface area contributed by atoms with Gasteiger partial charge in [-0.25, -0.2) is 4.79 Å². The van der Waals surface area contributed by atoms with Crippen LogP contribution >= 0.6 is 24.2 Å². The minimum Gasteiger partial charge on any atom is -0.463 e. The number of hydrogen-bond acceptors (Lipinski definition) is 5. The highest BCUT2D eigenvalue weighted by Crippen LogP contribution is 2.40. The third kappa shape index (κ3) is 4.51. The van der Waals surface area contributed by atoms with Crippen LogP contribution in [-0.4, -0.2) is 41.6 Å². The molecule has 4 nitrogen and oxygen atoms in total. The number of likely N-dealkylation sites (tertiary alicyclic amines) is 1. The number of nitrogens with zero attached hydrogens (tertiary/aromatic N) is 1. The van der Waals surface area contributed by atoms with Gasteiger partial charge in [-0.1, -0.05) is 29.8 Å². The maximum Gasteiger partial charge on any atom is 0.330 e. The minimum atomic E-state index is -0.373. The summed E-state index contributed by atoms with van der Waals surface area (Å²) in [4.78, 5) is 27.0. The van der Waals surface area contributed by atoms with Crippen molar-refractivity contribution in [3.63, 3.8) is 0 Å². The fraction of sp³-hybridized carbons (Fsp3) is 0.500. The molecule has 26 heavy (non-hydrogen) atoms. The van der Waals surface area contributed by atoms with Crippen LogP contribution in [-0.2, 0) is 14.3 Å². The Morgan fingerprint density at radius 3 is 2.73 bits per heavy atom. The topological polar surface area (TPSA) is 46.6 Å². The lowest BCUT2D eigenvalue weighted by Crippen LogP contribution is -2.42. The zero-order valence-electron chi connectivity index (χ0n) is 14.9. The summed E-state index contributed by atoms with van der Waals surface area (Å²) in [7, 11) is 0. The standard InChI is InChI=1S/C20H24ClNO3S/c1-2-25-18(23)11-14-12-22(10-9-17(14)26)19(20(24)13-7-8-13)15-5-3-4-6-16(15)21/h3-6,11,13,17,19,26H,2,7-10,12H2,1H3. The van der Waals surface area contributed by atoms with Crippen LogP contribution in [0.25, 0.3) is 0 Å². The molecule has 2 atom stereocenters. The van der Waals surface area contributed by atoms with Crippen LogP contribution in [0.5, 0.6) is 0 Å². The van der Waals surface area contributed by atoms with Crippen molar-refractivity contribution in [1.29, 1.82) is 0 Å². The lowest BCUT2D eigenvalue weighted by Gasteiger charge is -2.37. The second-order valence-corrected chi connectivity index (χ2v) is 7.88. The van der Waals surface area contributed by atoms with Gasteiger partial charge in [0.25, 0.3) is 0 Å². The largest absolute Gasteiger partial charge is 0.463 e. The summed E-state index contributed by atoms with van der Waals surface area (Å²) in [5, 5.41) is 0.606. The van der Waals surface area contributed by atoms with Crippen LogP contribution in [0.3, 0.4) is 0 Å². The molecule has 6 heteroatoms. The van der Waals surface area contributed by atoms with E-state index in [9.17, 15) is 9.59 Å². The molecule has 1 aliphatic carbocycles. The molecule has 0 N–H and O–H groups in total. The van der Waals surface area contributed by atoms with Crippen molar-refractivity contribution in [3.8, 4) is 0 Å². The van der Waals surface area contributed by atoms with Gasteiger partial charge in [0.2, 0.25) is 0 Å². The summed E-state index contributed by atoms with van der Waals surface area (Å²) in [5.41, 5.74) is 1.73. The molecule has 0 spiro atoms. The fourth-order valence-corrected chi connectivity index (χ4v) is 3.92. The first kappa shape index (κ1) is 19.5. The molecule has 2 unspecified atom stereocenters. The number of halogens is 1. The van der Waals surface area contributed by atoms with Gasteiger partial charge in [-0.2, -0.15) is 12.6 Å². The van der Waals surface area contributed by atoms with E-state index in [1.54, 1.807) is 6.92 Å². The van der Waals surface area contributed by atoms with Crippen LogP contribution < -0.4 is 0 Å². The molecule has 3 rings (SSSR count). The predicted octanol–water partition coefficient (Wildman–Crippen LogP) is 3.85. The van der Waals surface area contributed by atoms with Gasteiger partial charge in [0.1, 0.15) is 0 Å². The maximum absolute atomic E-state index is 13.0. The molecule has 1 aliphatic heterocycles. The fourth-order valence-electron chi connectivity index (χ4n) is 3.41. The number of Topliss-reactive ketones (excluding diaryl/α,β-unsaturated/α-hetero) is 1. The lowest BCUT2D eigenvalue weighted by atomic mass is 9.94. The molecule has 0 radical (unpaired) electrons. The van der Waals surface area contributed by atoms with E-state index in [1.807, 2.05) is 24.3 Å². The van der Waals surface area contributed by atoms with Crippen molar-refractivity contribution in [1.82, 2.24) is 4.90 Å². The van der Waals surface area contributed by atoms with Crippen molar-refractivity contribution < 1.29 is 14.3 Å². The molecular formula is C20H24ClNO3S. The SMILES string of the molecule is CCOC(=O)C=C1CN(C(C(=O)C2CC2)c2ccccc2Cl)CCC1S. The van der Waals surface area contributed by atoms with E-state index in [0.717, 1.165) is 36.9 Å². The molecule has 1 heterocycles. The van der Waals surface area contributed by atoms with E-state index in [0.29, 0.717) is 18.2 Å². The molecule has 2 fully saturated rings. The number of rotatable bonds is 6. The number of benzene rings is 1. The van der Waals surface area contributed by atoms with Crippen molar-refractivity contribution in [2.75, 3.05) is 19.7 Å². The monoisotopic (exact) mass is 393 g/mol. The Morgan fingerprint density at radius 1 is 1.35 bits per heavy atom. The molecule has 0 aromatic heterocycles. The van der Waals surface area contributed by atoms with Crippen molar-refractivity contribution in [2.45, 2.75) is 37.5 Å². The summed E-state index contributed by atoms with van der Waals surface area (Å²) in [6.45, 7) is 3.37. The Labute approximate surface area is 164 Å². The van der Waals surface area contributed by atoms with Crippen molar-refractivity contribution >= 4 is 36.0 Å². The van der Waals surface area contributed by atoms with Gasteiger partial charge < -0.3 is 4.74 Å². The van der Waals surface area contributed by atoms with Gasteiger partial charge in [-0.05, 0) is 43.4 Å². The maximum atomic E-state index is 13.0. The normalized spacial score (nSPS) is 23.7. The van der Waals surface area contributed by atoms with Crippen LogP contribution in [0.2, 0.25) is 5.02 Å². The van der Waals surface area contributed by atoms with E-state index in [2.05, 4.69) is 17.5 Å². The third-order valence-corrected chi connectivity index (χ3v) is 5.84. The molecule has 1 saturated carbocycles. The Balaban J connectivity index is 1.88. The quantitative estimate of drug-likeness (QED) is 0.453. The third-order valence-electron chi connectivity index (χ3n) is 4.91. The first-order valence-electron chi connectivity index (χ1n) is 9.08. The first-order valence-corrected chi connectivity index (χ1v) is 9.98. The number of piperidine rings is 1. The number of carbonyl (C=O) groups excluding carboxylic acids is 2. The van der Waals surface area contributed by atoms with E-state index in [4.69, 9.17) is 16.3 Å². The molecule has 140 valence electrons. The van der Waals surface area contributed by atoms with E-state index in [1.165, 1.54) is 6.08 Å². The van der Waals surface area contributed by atoms with Crippen LogP contribution in [0.4, 0.5) is 0 Å². The van der Waals surface area contributed by atoms with Gasteiger partial charge in [-0.3, -0.25) is 9.69 Å². The number of esters is 1. The van der Waals surface area contributed by atoms with Gasteiger partial charge >= 0.3 is 5.97 Å². The van der Waals surface area contributed by atoms with Crippen molar-refractivity contribution in [3.05, 3.63) is 46.5 Å². The van der Waals surface area contributed by atoms with Gasteiger partial charge in [0.15, 0.2) is 5.78 Å². The smallest absolute Gasteiger partial charge is 0.330 e. The van der Waals surface area contributed by atoms with Crippen molar-refractivity contribution in [2.24, 2.45) is 5.92 Å². The predicted molar refractivity (Wildman–Crippen MR) is 106 cm³/mol. The molecule has 1 aromatic carbocycles. The molecule has 1 saturated heterocycles. The van der Waals surface area contributed by atoms with E-state index >= 15 is 0 Å². The first-order chi connectivity index (χ1) is 12.5. The summed E-state index contributed by atoms with van der Waals surface area (Å²) >= 11 is 11.0. The Morgan fingerprint density at radius 2 is 2.08 bits per heavy atom. The zero-order chi connectivity index (χ0) is 18.7. The zero-order valence-corrected chi connectivity index (χ0v) is 16.5. The number of ether oxygens (including phenoxy) is 1. The summed E-state index contributed by atoms with van der Waals surface area (Å²) in [5.74, 6) is -0.0000963. The second-order valence-electron chi connectivity index (χ2n) is 6.85. The molecule has 0 bridgehead atoms. The highest BCUT2D eigenvalue weighted by atomic mass is 35.5. The highest BCUT2D eigenvalue weighted by molar-refractivity contribution is 7.81. The van der Waals surface area contributed by atoms with Gasteiger partial charge in [0, 0.05) is 35.4 Å². The summed E-state index contributed by atoms with van der Waals surface area (Å²) in [6, 6.07) is 7.16. The Kier molecular flexibility index (Phi) is 6.43. The van der Waals surface area contributed by atoms with Crippen LogP contribution in [0, 0.1) is 5.92 Å². The minimum absolute atomic E-state index is 0.00132. The molecule has 2 aliphatic rings. The Hall–Kier alpha value is -1.30. The number of thiol groups is 1. The van der Waals surface area contributed by atoms with Crippen LogP contribution in [0.1, 0.15) is 37.8 Å². The number of carbonyl (C=O) groups is 2. The van der Waals surface area contributed by atoms with Gasteiger partial charge in [-0.15, -0.1) is 0 Å². The number of hydrogen-bond donors (Lipinski definition) is 1. The average molecular weight is 394 g/mol. The molecule has 1 aromatic rings. The second kappa shape index (κ2) is 8.59. The lowest BCUT2D eigenvalue weighted by molar-refractivity contribution is -0.137. The highest BCUT2D eigenvalue weighted by Gasteiger charge is 2.40. The molecular weight excluding hydrogens is 370 g/mol. The average Bonchev–Trinajstić information content (AvgIpc) is 3.45. The van der Waals surface area contributed by atoms with E-state index < -0.39 is 0 Å². The van der Waals surface area contributed by atoms with Crippen LogP contribution in [0.15, 0.2) is 35.9 Å². The summed E-state index contributed by atoms with van der Waals surface area (Å²) in [6.07, 6.45) is 4.20. The van der Waals surface area contributed by atoms with E-state index in [-0.39, 0.29) is 29.0 Å². The number of ketones is 1.